The number of thiophene rings is 1. The second-order valence-electron chi connectivity index (χ2n) is 5.84. The summed E-state index contributed by atoms with van der Waals surface area (Å²) in [4.78, 5) is 26.5. The van der Waals surface area contributed by atoms with Crippen LogP contribution in [0.1, 0.15) is 35.4 Å². The Morgan fingerprint density at radius 2 is 1.84 bits per heavy atom. The van der Waals surface area contributed by atoms with Gasteiger partial charge in [-0.15, -0.1) is 11.3 Å². The third-order valence-electron chi connectivity index (χ3n) is 3.87. The van der Waals surface area contributed by atoms with E-state index >= 15 is 0 Å². The van der Waals surface area contributed by atoms with Gasteiger partial charge in [0.15, 0.2) is 5.78 Å². The Morgan fingerprint density at radius 3 is 2.52 bits per heavy atom. The van der Waals surface area contributed by atoms with Crippen molar-refractivity contribution in [1.82, 2.24) is 5.32 Å². The van der Waals surface area contributed by atoms with Gasteiger partial charge in [0.25, 0.3) is 0 Å². The molecule has 1 aromatic heterocycles. The predicted molar refractivity (Wildman–Crippen MR) is 105 cm³/mol. The molecule has 1 amide bonds. The van der Waals surface area contributed by atoms with Crippen LogP contribution in [0, 0.1) is 0 Å². The van der Waals surface area contributed by atoms with E-state index in [1.807, 2.05) is 18.2 Å². The van der Waals surface area contributed by atoms with Crippen LogP contribution in [-0.4, -0.2) is 31.8 Å². The molecule has 6 heteroatoms. The van der Waals surface area contributed by atoms with Gasteiger partial charge in [-0.25, -0.2) is 0 Å². The van der Waals surface area contributed by atoms with Gasteiger partial charge in [0.05, 0.1) is 9.21 Å². The van der Waals surface area contributed by atoms with Crippen molar-refractivity contribution in [2.24, 2.45) is 0 Å². The number of carbonyl (C=O) groups excluding carboxylic acids is 2. The lowest BCUT2D eigenvalue weighted by atomic mass is 10.2. The molecule has 0 radical (unpaired) electrons. The van der Waals surface area contributed by atoms with E-state index in [1.54, 1.807) is 12.1 Å². The van der Waals surface area contributed by atoms with Crippen molar-refractivity contribution < 1.29 is 9.59 Å². The van der Waals surface area contributed by atoms with E-state index < -0.39 is 0 Å². The van der Waals surface area contributed by atoms with Gasteiger partial charge in [-0.3, -0.25) is 9.59 Å². The number of benzene rings is 1. The molecular formula is C19H23ClN2O2S. The lowest BCUT2D eigenvalue weighted by molar-refractivity contribution is -0.121. The van der Waals surface area contributed by atoms with Gasteiger partial charge < -0.3 is 10.2 Å². The van der Waals surface area contributed by atoms with Crippen molar-refractivity contribution in [3.8, 4) is 0 Å². The standard InChI is InChI=1S/C19H23ClN2O2S/c1-22(15-7-3-2-4-8-15)14-6-5-13-21-19(24)12-9-16(23)17-10-11-18(20)25-17/h2-4,7-8,10-11H,5-6,9,12-14H2,1H3,(H,21,24). The first-order chi connectivity index (χ1) is 12.1. The SMILES string of the molecule is CN(CCCCNC(=O)CCC(=O)c1ccc(Cl)s1)c1ccccc1. The molecule has 2 rings (SSSR count). The summed E-state index contributed by atoms with van der Waals surface area (Å²) in [6, 6.07) is 13.6. The first-order valence-electron chi connectivity index (χ1n) is 8.37. The van der Waals surface area contributed by atoms with Crippen LogP contribution >= 0.6 is 22.9 Å². The molecule has 25 heavy (non-hydrogen) atoms. The molecular weight excluding hydrogens is 356 g/mol. The lowest BCUT2D eigenvalue weighted by Crippen LogP contribution is -2.26. The summed E-state index contributed by atoms with van der Waals surface area (Å²) < 4.78 is 0.591. The molecule has 0 aliphatic carbocycles. The smallest absolute Gasteiger partial charge is 0.220 e. The van der Waals surface area contributed by atoms with E-state index in [-0.39, 0.29) is 24.5 Å². The van der Waals surface area contributed by atoms with E-state index in [2.05, 4.69) is 29.4 Å². The Labute approximate surface area is 157 Å². The van der Waals surface area contributed by atoms with Gasteiger partial charge in [-0.05, 0) is 37.1 Å². The lowest BCUT2D eigenvalue weighted by Gasteiger charge is -2.19. The Kier molecular flexibility index (Phi) is 7.95. The summed E-state index contributed by atoms with van der Waals surface area (Å²) in [7, 11) is 2.07. The Hall–Kier alpha value is -1.85. The minimum atomic E-state index is -0.0765. The first-order valence-corrected chi connectivity index (χ1v) is 9.57. The van der Waals surface area contributed by atoms with Gasteiger partial charge in [0.2, 0.25) is 5.91 Å². The first kappa shape index (κ1) is 19.5. The fourth-order valence-corrected chi connectivity index (χ4v) is 3.43. The van der Waals surface area contributed by atoms with E-state index in [0.29, 0.717) is 15.8 Å². The molecule has 1 N–H and O–H groups in total. The minimum Gasteiger partial charge on any atom is -0.375 e. The summed E-state index contributed by atoms with van der Waals surface area (Å²) in [6.07, 6.45) is 2.35. The van der Waals surface area contributed by atoms with E-state index in [4.69, 9.17) is 11.6 Å². The number of rotatable bonds is 10. The Morgan fingerprint density at radius 1 is 1.08 bits per heavy atom. The number of amides is 1. The Balaban J connectivity index is 1.56. The fourth-order valence-electron chi connectivity index (χ4n) is 2.42. The van der Waals surface area contributed by atoms with Crippen molar-refractivity contribution in [3.05, 3.63) is 51.7 Å². The predicted octanol–water partition coefficient (Wildman–Crippen LogP) is 4.40. The van der Waals surface area contributed by atoms with Crippen molar-refractivity contribution in [2.75, 3.05) is 25.0 Å². The molecule has 0 spiro atoms. The number of Topliss-reactive ketones (excluding diaryl/α,β-unsaturated/α-hetero) is 1. The number of anilines is 1. The number of ketones is 1. The number of hydrogen-bond donors (Lipinski definition) is 1. The number of nitrogens with one attached hydrogen (secondary N) is 1. The third-order valence-corrected chi connectivity index (χ3v) is 5.14. The maximum Gasteiger partial charge on any atom is 0.220 e. The molecule has 1 heterocycles. The molecule has 0 saturated heterocycles. The largest absolute Gasteiger partial charge is 0.375 e. The minimum absolute atomic E-state index is 0.0310. The summed E-state index contributed by atoms with van der Waals surface area (Å²) >= 11 is 7.06. The van der Waals surface area contributed by atoms with Crippen molar-refractivity contribution in [2.45, 2.75) is 25.7 Å². The van der Waals surface area contributed by atoms with Gasteiger partial charge in [0.1, 0.15) is 0 Å². The van der Waals surface area contributed by atoms with Gasteiger partial charge in [-0.2, -0.15) is 0 Å². The fraction of sp³-hybridized carbons (Fsp3) is 0.368. The van der Waals surface area contributed by atoms with Crippen molar-refractivity contribution in [1.29, 1.82) is 0 Å². The van der Waals surface area contributed by atoms with E-state index in [0.717, 1.165) is 19.4 Å². The summed E-state index contributed by atoms with van der Waals surface area (Å²) in [5.74, 6) is -0.107. The molecule has 134 valence electrons. The average molecular weight is 379 g/mol. The van der Waals surface area contributed by atoms with E-state index in [9.17, 15) is 9.59 Å². The van der Waals surface area contributed by atoms with Crippen LogP contribution in [0.15, 0.2) is 42.5 Å². The quantitative estimate of drug-likeness (QED) is 0.492. The summed E-state index contributed by atoms with van der Waals surface area (Å²) in [6.45, 7) is 1.58. The number of para-hydroxylation sites is 1. The molecule has 4 nitrogen and oxygen atoms in total. The third kappa shape index (κ3) is 6.88. The molecule has 0 fully saturated rings. The number of halogens is 1. The molecule has 0 aliphatic heterocycles. The van der Waals surface area contributed by atoms with E-state index in [1.165, 1.54) is 17.0 Å². The van der Waals surface area contributed by atoms with Gasteiger partial charge in [-0.1, -0.05) is 29.8 Å². The highest BCUT2D eigenvalue weighted by Crippen LogP contribution is 2.22. The number of unbranched alkanes of at least 4 members (excludes halogenated alkanes) is 1. The highest BCUT2D eigenvalue weighted by atomic mass is 35.5. The zero-order valence-electron chi connectivity index (χ0n) is 14.3. The normalized spacial score (nSPS) is 10.5. The summed E-state index contributed by atoms with van der Waals surface area (Å²) in [5.41, 5.74) is 1.19. The molecule has 0 saturated carbocycles. The van der Waals surface area contributed by atoms with Crippen LogP contribution in [0.3, 0.4) is 0 Å². The molecule has 0 bridgehead atoms. The maximum atomic E-state index is 11.9. The molecule has 1 aromatic carbocycles. The maximum absolute atomic E-state index is 11.9. The highest BCUT2D eigenvalue weighted by molar-refractivity contribution is 7.18. The zero-order chi connectivity index (χ0) is 18.1. The van der Waals surface area contributed by atoms with Gasteiger partial charge >= 0.3 is 0 Å². The molecule has 0 unspecified atom stereocenters. The van der Waals surface area contributed by atoms with Crippen molar-refractivity contribution in [3.63, 3.8) is 0 Å². The average Bonchev–Trinajstić information content (AvgIpc) is 3.06. The number of carbonyl (C=O) groups is 2. The zero-order valence-corrected chi connectivity index (χ0v) is 15.9. The molecule has 2 aromatic rings. The number of hydrogen-bond acceptors (Lipinski definition) is 4. The van der Waals surface area contributed by atoms with Crippen LogP contribution < -0.4 is 10.2 Å². The van der Waals surface area contributed by atoms with Crippen LogP contribution in [0.2, 0.25) is 4.34 Å². The Bertz CT molecular complexity index is 688. The molecule has 0 atom stereocenters. The van der Waals surface area contributed by atoms with Crippen LogP contribution in [0.25, 0.3) is 0 Å². The summed E-state index contributed by atoms with van der Waals surface area (Å²) in [5, 5.41) is 2.88. The monoisotopic (exact) mass is 378 g/mol. The van der Waals surface area contributed by atoms with Gasteiger partial charge in [0, 0.05) is 38.7 Å². The van der Waals surface area contributed by atoms with Crippen LogP contribution in [0.5, 0.6) is 0 Å². The topological polar surface area (TPSA) is 49.4 Å². The van der Waals surface area contributed by atoms with Crippen LogP contribution in [0.4, 0.5) is 5.69 Å². The second kappa shape index (κ2) is 10.2. The highest BCUT2D eigenvalue weighted by Gasteiger charge is 2.11. The van der Waals surface area contributed by atoms with Crippen molar-refractivity contribution >= 4 is 40.3 Å². The van der Waals surface area contributed by atoms with Crippen LogP contribution in [-0.2, 0) is 4.79 Å². The number of nitrogens with zero attached hydrogens (tertiary/aromatic N) is 1. The second-order valence-corrected chi connectivity index (χ2v) is 7.56. The molecule has 0 aliphatic rings.